The van der Waals surface area contributed by atoms with E-state index in [-0.39, 0.29) is 5.91 Å². The van der Waals surface area contributed by atoms with Crippen molar-refractivity contribution in [3.63, 3.8) is 0 Å². The van der Waals surface area contributed by atoms with E-state index < -0.39 is 0 Å². The Labute approximate surface area is 210 Å². The number of halogens is 2. The number of amides is 1. The molecule has 3 aromatic carbocycles. The van der Waals surface area contributed by atoms with Gasteiger partial charge in [-0.1, -0.05) is 71.4 Å². The van der Waals surface area contributed by atoms with Crippen molar-refractivity contribution < 1.29 is 9.53 Å². The second-order valence-electron chi connectivity index (χ2n) is 6.81. The number of carbonyl (C=O) groups is 1. The Morgan fingerprint density at radius 3 is 2.59 bits per heavy atom. The number of carbonyl (C=O) groups excluding carboxylic acids is 1. The highest BCUT2D eigenvalue weighted by molar-refractivity contribution is 8.27. The summed E-state index contributed by atoms with van der Waals surface area (Å²) < 4.78 is 6.35. The normalized spacial score (nSPS) is 15.0. The lowest BCUT2D eigenvalue weighted by molar-refractivity contribution is -0.113. The molecule has 0 spiro atoms. The molecule has 8 heteroatoms. The Morgan fingerprint density at radius 1 is 1.09 bits per heavy atom. The predicted octanol–water partition coefficient (Wildman–Crippen LogP) is 7.70. The van der Waals surface area contributed by atoms with E-state index in [1.165, 1.54) is 11.8 Å². The molecule has 1 aliphatic rings. The summed E-state index contributed by atoms with van der Waals surface area (Å²) in [4.78, 5) is 16.2. The van der Waals surface area contributed by atoms with E-state index in [1.54, 1.807) is 28.8 Å². The summed E-state index contributed by atoms with van der Waals surface area (Å²) in [6.07, 6.45) is 3.85. The number of thioether (sulfide) groups is 2. The maximum Gasteiger partial charge on any atom is 0.270 e. The fraction of sp³-hybridized carbons (Fsp3) is 0.0833. The minimum Gasteiger partial charge on any atom is -0.489 e. The first-order valence-electron chi connectivity index (χ1n) is 9.53. The third-order valence-corrected chi connectivity index (χ3v) is 7.31. The number of thiocarbonyl (C=S) groups is 1. The lowest BCUT2D eigenvalue weighted by Gasteiger charge is -2.15. The van der Waals surface area contributed by atoms with Gasteiger partial charge in [-0.3, -0.25) is 9.69 Å². The van der Waals surface area contributed by atoms with E-state index in [9.17, 15) is 4.79 Å². The molecule has 0 radical (unpaired) electrons. The molecule has 0 atom stereocenters. The Balaban J connectivity index is 1.45. The van der Waals surface area contributed by atoms with Gasteiger partial charge < -0.3 is 4.74 Å². The van der Waals surface area contributed by atoms with Crippen LogP contribution in [0.3, 0.4) is 0 Å². The van der Waals surface area contributed by atoms with Gasteiger partial charge in [-0.2, -0.15) is 0 Å². The van der Waals surface area contributed by atoms with Gasteiger partial charge >= 0.3 is 0 Å². The van der Waals surface area contributed by atoms with Crippen LogP contribution < -0.4 is 9.64 Å². The van der Waals surface area contributed by atoms with Crippen LogP contribution in [0.1, 0.15) is 11.1 Å². The molecule has 1 heterocycles. The van der Waals surface area contributed by atoms with Crippen LogP contribution in [0, 0.1) is 0 Å². The summed E-state index contributed by atoms with van der Waals surface area (Å²) in [5.41, 5.74) is 2.53. The molecule has 0 aliphatic carbocycles. The highest BCUT2D eigenvalue weighted by Crippen LogP contribution is 2.37. The fourth-order valence-electron chi connectivity index (χ4n) is 3.05. The van der Waals surface area contributed by atoms with Gasteiger partial charge in [0.25, 0.3) is 5.91 Å². The highest BCUT2D eigenvalue weighted by Gasteiger charge is 2.33. The first kappa shape index (κ1) is 23.2. The second-order valence-corrected chi connectivity index (χ2v) is 10.2. The first-order valence-corrected chi connectivity index (χ1v) is 12.7. The summed E-state index contributed by atoms with van der Waals surface area (Å²) in [5.74, 6) is 0.588. The number of hydrogen-bond donors (Lipinski definition) is 0. The molecule has 0 saturated carbocycles. The Hall–Kier alpha value is -1.96. The van der Waals surface area contributed by atoms with Crippen LogP contribution >= 0.6 is 58.9 Å². The van der Waals surface area contributed by atoms with Crippen LogP contribution in [0.4, 0.5) is 5.69 Å². The number of ether oxygens (including phenoxy) is 1. The lowest BCUT2D eigenvalue weighted by Crippen LogP contribution is -2.27. The van der Waals surface area contributed by atoms with Gasteiger partial charge in [0.05, 0.1) is 10.6 Å². The average molecular weight is 519 g/mol. The quantitative estimate of drug-likeness (QED) is 0.190. The molecule has 0 bridgehead atoms. The molecular formula is C24H17Cl2NO2S3. The van der Waals surface area contributed by atoms with Gasteiger partial charge in [-0.05, 0) is 60.4 Å². The molecule has 32 heavy (non-hydrogen) atoms. The van der Waals surface area contributed by atoms with Crippen molar-refractivity contribution in [1.82, 2.24) is 0 Å². The number of nitrogens with zero attached hydrogens (tertiary/aromatic N) is 1. The summed E-state index contributed by atoms with van der Waals surface area (Å²) in [7, 11) is 0. The summed E-state index contributed by atoms with van der Waals surface area (Å²) >= 11 is 20.5. The molecule has 1 amide bonds. The largest absolute Gasteiger partial charge is 0.489 e. The molecule has 0 aromatic heterocycles. The van der Waals surface area contributed by atoms with Gasteiger partial charge in [-0.25, -0.2) is 0 Å². The molecular weight excluding hydrogens is 501 g/mol. The van der Waals surface area contributed by atoms with Crippen molar-refractivity contribution in [3.8, 4) is 5.75 Å². The molecule has 3 nitrogen and oxygen atoms in total. The molecule has 0 unspecified atom stereocenters. The lowest BCUT2D eigenvalue weighted by atomic mass is 10.2. The van der Waals surface area contributed by atoms with E-state index in [0.29, 0.717) is 31.6 Å². The standard InChI is InChI=1S/C24H17Cl2NO2S3/c1-31-20-4-2-3-18(13-20)27-23(28)22(32-24(27)30)11-15-5-9-19(10-6-15)29-14-16-7-8-17(25)12-21(16)26/h2-13H,14H2,1H3/b22-11+. The maximum atomic E-state index is 13.0. The minimum atomic E-state index is -0.115. The van der Waals surface area contributed by atoms with E-state index in [1.807, 2.05) is 66.9 Å². The van der Waals surface area contributed by atoms with E-state index in [2.05, 4.69) is 0 Å². The van der Waals surface area contributed by atoms with Gasteiger partial charge in [0.15, 0.2) is 4.32 Å². The van der Waals surface area contributed by atoms with E-state index >= 15 is 0 Å². The van der Waals surface area contributed by atoms with E-state index in [0.717, 1.165) is 21.7 Å². The van der Waals surface area contributed by atoms with Crippen LogP contribution in [0.5, 0.6) is 5.75 Å². The average Bonchev–Trinajstić information content (AvgIpc) is 3.07. The van der Waals surface area contributed by atoms with Gasteiger partial charge in [0, 0.05) is 20.5 Å². The third kappa shape index (κ3) is 5.33. The maximum absolute atomic E-state index is 13.0. The number of hydrogen-bond acceptors (Lipinski definition) is 5. The van der Waals surface area contributed by atoms with Crippen LogP contribution in [-0.4, -0.2) is 16.5 Å². The number of rotatable bonds is 6. The van der Waals surface area contributed by atoms with E-state index in [4.69, 9.17) is 40.2 Å². The fourth-order valence-corrected chi connectivity index (χ4v) is 5.27. The topological polar surface area (TPSA) is 29.5 Å². The number of benzene rings is 3. The Morgan fingerprint density at radius 2 is 1.88 bits per heavy atom. The van der Waals surface area contributed by atoms with Gasteiger partial charge in [0.1, 0.15) is 12.4 Å². The predicted molar refractivity (Wildman–Crippen MR) is 141 cm³/mol. The second kappa shape index (κ2) is 10.3. The van der Waals surface area contributed by atoms with Crippen LogP contribution in [-0.2, 0) is 11.4 Å². The van der Waals surface area contributed by atoms with Crippen molar-refractivity contribution in [2.45, 2.75) is 11.5 Å². The van der Waals surface area contributed by atoms with Crippen molar-refractivity contribution in [2.24, 2.45) is 0 Å². The third-order valence-electron chi connectivity index (χ3n) is 4.69. The summed E-state index contributed by atoms with van der Waals surface area (Å²) in [5, 5.41) is 1.16. The Bertz CT molecular complexity index is 1210. The highest BCUT2D eigenvalue weighted by atomic mass is 35.5. The zero-order valence-corrected chi connectivity index (χ0v) is 20.8. The SMILES string of the molecule is CSc1cccc(N2C(=O)/C(=C\c3ccc(OCc4ccc(Cl)cc4Cl)cc3)SC2=S)c1. The molecule has 1 fully saturated rings. The van der Waals surface area contributed by atoms with Crippen LogP contribution in [0.2, 0.25) is 10.0 Å². The molecule has 3 aromatic rings. The summed E-state index contributed by atoms with van der Waals surface area (Å²) in [6, 6.07) is 20.6. The zero-order valence-electron chi connectivity index (χ0n) is 16.9. The minimum absolute atomic E-state index is 0.115. The van der Waals surface area contributed by atoms with Crippen molar-refractivity contribution in [2.75, 3.05) is 11.2 Å². The van der Waals surface area contributed by atoms with Crippen molar-refractivity contribution in [1.29, 1.82) is 0 Å². The van der Waals surface area contributed by atoms with Crippen LogP contribution in [0.15, 0.2) is 76.5 Å². The van der Waals surface area contributed by atoms with Gasteiger partial charge in [0.2, 0.25) is 0 Å². The molecule has 1 aliphatic heterocycles. The molecule has 1 saturated heterocycles. The van der Waals surface area contributed by atoms with Crippen molar-refractivity contribution in [3.05, 3.63) is 92.8 Å². The van der Waals surface area contributed by atoms with Crippen molar-refractivity contribution >= 4 is 80.9 Å². The van der Waals surface area contributed by atoms with Gasteiger partial charge in [-0.15, -0.1) is 11.8 Å². The van der Waals surface area contributed by atoms with Crippen LogP contribution in [0.25, 0.3) is 6.08 Å². The monoisotopic (exact) mass is 517 g/mol. The molecule has 4 rings (SSSR count). The Kier molecular flexibility index (Phi) is 7.48. The smallest absolute Gasteiger partial charge is 0.270 e. The summed E-state index contributed by atoms with van der Waals surface area (Å²) in [6.45, 7) is 0.336. The first-order chi connectivity index (χ1) is 15.4. The zero-order chi connectivity index (χ0) is 22.7. The molecule has 0 N–H and O–H groups in total. The molecule has 162 valence electrons. The number of anilines is 1.